The molecule has 7 nitrogen and oxygen atoms in total. The van der Waals surface area contributed by atoms with Gasteiger partial charge in [0.15, 0.2) is 0 Å². The first kappa shape index (κ1) is 15.0. The highest BCUT2D eigenvalue weighted by Gasteiger charge is 2.18. The van der Waals surface area contributed by atoms with E-state index >= 15 is 0 Å². The summed E-state index contributed by atoms with van der Waals surface area (Å²) in [5.41, 5.74) is 0. The molecule has 2 amide bonds. The van der Waals surface area contributed by atoms with Crippen LogP contribution in [-0.2, 0) is 11.3 Å². The molecule has 1 atom stereocenters. The van der Waals surface area contributed by atoms with Crippen LogP contribution in [0, 0.1) is 0 Å². The average Bonchev–Trinajstić information content (AvgIpc) is 2.87. The second-order valence-electron chi connectivity index (χ2n) is 4.23. The van der Waals surface area contributed by atoms with Crippen LogP contribution in [0.2, 0.25) is 0 Å². The molecule has 7 heteroatoms. The molecule has 0 aromatic carbocycles. The van der Waals surface area contributed by atoms with E-state index in [0.717, 1.165) is 13.0 Å². The van der Waals surface area contributed by atoms with Crippen molar-refractivity contribution in [3.05, 3.63) is 18.7 Å². The fraction of sp³-hybridized carbons (Fsp3) is 0.583. The largest absolute Gasteiger partial charge is 0.480 e. The van der Waals surface area contributed by atoms with Crippen molar-refractivity contribution in [3.8, 4) is 0 Å². The molecule has 1 heterocycles. The van der Waals surface area contributed by atoms with E-state index in [0.29, 0.717) is 19.4 Å². The fourth-order valence-corrected chi connectivity index (χ4v) is 1.64. The Bertz CT molecular complexity index is 392. The minimum absolute atomic E-state index is 0.428. The van der Waals surface area contributed by atoms with Crippen molar-refractivity contribution in [1.29, 1.82) is 0 Å². The van der Waals surface area contributed by atoms with Crippen molar-refractivity contribution in [2.45, 2.75) is 38.8 Å². The molecule has 0 unspecified atom stereocenters. The van der Waals surface area contributed by atoms with Crippen LogP contribution in [0.1, 0.15) is 26.2 Å². The molecule has 0 fully saturated rings. The number of carbonyl (C=O) groups is 2. The van der Waals surface area contributed by atoms with E-state index in [1.807, 2.05) is 17.7 Å². The van der Waals surface area contributed by atoms with Crippen LogP contribution in [-0.4, -0.2) is 39.2 Å². The molecule has 1 rings (SSSR count). The fourth-order valence-electron chi connectivity index (χ4n) is 1.64. The first-order chi connectivity index (χ1) is 9.13. The van der Waals surface area contributed by atoms with Gasteiger partial charge in [0.2, 0.25) is 0 Å². The Morgan fingerprint density at radius 1 is 1.47 bits per heavy atom. The zero-order chi connectivity index (χ0) is 14.1. The van der Waals surface area contributed by atoms with Gasteiger partial charge >= 0.3 is 12.0 Å². The Kier molecular flexibility index (Phi) is 6.42. The Morgan fingerprint density at radius 2 is 2.26 bits per heavy atom. The summed E-state index contributed by atoms with van der Waals surface area (Å²) in [6.45, 7) is 3.13. The highest BCUT2D eigenvalue weighted by Crippen LogP contribution is 1.96. The SMILES string of the molecule is CCC[C@@H](NC(=O)NCCCn1ccnc1)C(=O)O. The maximum Gasteiger partial charge on any atom is 0.326 e. The molecule has 0 aliphatic rings. The van der Waals surface area contributed by atoms with Gasteiger partial charge in [-0.3, -0.25) is 0 Å². The van der Waals surface area contributed by atoms with Gasteiger partial charge in [-0.2, -0.15) is 0 Å². The number of hydrogen-bond acceptors (Lipinski definition) is 3. The Morgan fingerprint density at radius 3 is 2.84 bits per heavy atom. The van der Waals surface area contributed by atoms with Gasteiger partial charge < -0.3 is 20.3 Å². The Balaban J connectivity index is 2.17. The van der Waals surface area contributed by atoms with Crippen molar-refractivity contribution in [2.24, 2.45) is 0 Å². The van der Waals surface area contributed by atoms with Crippen LogP contribution in [0.15, 0.2) is 18.7 Å². The highest BCUT2D eigenvalue weighted by atomic mass is 16.4. The van der Waals surface area contributed by atoms with Gasteiger partial charge in [0, 0.05) is 25.5 Å². The molecule has 0 bridgehead atoms. The van der Waals surface area contributed by atoms with Crippen LogP contribution in [0.5, 0.6) is 0 Å². The van der Waals surface area contributed by atoms with Crippen LogP contribution in [0.4, 0.5) is 4.79 Å². The van der Waals surface area contributed by atoms with Gasteiger partial charge in [-0.05, 0) is 12.8 Å². The minimum Gasteiger partial charge on any atom is -0.480 e. The van der Waals surface area contributed by atoms with Gasteiger partial charge in [-0.1, -0.05) is 13.3 Å². The van der Waals surface area contributed by atoms with Crippen molar-refractivity contribution in [3.63, 3.8) is 0 Å². The second-order valence-corrected chi connectivity index (χ2v) is 4.23. The predicted octanol–water partition coefficient (Wildman–Crippen LogP) is 0.826. The summed E-state index contributed by atoms with van der Waals surface area (Å²) in [7, 11) is 0. The number of nitrogens with zero attached hydrogens (tertiary/aromatic N) is 2. The van der Waals surface area contributed by atoms with Crippen molar-refractivity contribution in [1.82, 2.24) is 20.2 Å². The number of amides is 2. The van der Waals surface area contributed by atoms with Crippen LogP contribution >= 0.6 is 0 Å². The van der Waals surface area contributed by atoms with Gasteiger partial charge in [0.25, 0.3) is 0 Å². The molecule has 0 saturated carbocycles. The van der Waals surface area contributed by atoms with Crippen molar-refractivity contribution >= 4 is 12.0 Å². The number of rotatable bonds is 8. The van der Waals surface area contributed by atoms with Crippen LogP contribution < -0.4 is 10.6 Å². The maximum atomic E-state index is 11.5. The summed E-state index contributed by atoms with van der Waals surface area (Å²) >= 11 is 0. The molecule has 106 valence electrons. The standard InChI is InChI=1S/C12H20N4O3/c1-2-4-10(11(17)18)15-12(19)14-5-3-7-16-8-6-13-9-16/h6,8-10H,2-5,7H2,1H3,(H,17,18)(H2,14,15,19)/t10-/m1/s1. The third-order valence-electron chi connectivity index (χ3n) is 2.62. The van der Waals surface area contributed by atoms with Crippen molar-refractivity contribution < 1.29 is 14.7 Å². The van der Waals surface area contributed by atoms with E-state index in [2.05, 4.69) is 15.6 Å². The van der Waals surface area contributed by atoms with Crippen LogP contribution in [0.3, 0.4) is 0 Å². The normalized spacial score (nSPS) is 11.8. The zero-order valence-corrected chi connectivity index (χ0v) is 11.0. The summed E-state index contributed by atoms with van der Waals surface area (Å²) < 4.78 is 1.91. The smallest absolute Gasteiger partial charge is 0.326 e. The van der Waals surface area contributed by atoms with E-state index in [1.54, 1.807) is 12.5 Å². The minimum atomic E-state index is -1.00. The molecule has 0 spiro atoms. The lowest BCUT2D eigenvalue weighted by Gasteiger charge is -2.14. The molecule has 1 aromatic rings. The zero-order valence-electron chi connectivity index (χ0n) is 11.0. The number of imidazole rings is 1. The van der Waals surface area contributed by atoms with E-state index in [1.165, 1.54) is 0 Å². The summed E-state index contributed by atoms with van der Waals surface area (Å²) in [6, 6.07) is -1.26. The topological polar surface area (TPSA) is 96.3 Å². The third kappa shape index (κ3) is 5.89. The number of urea groups is 1. The molecule has 0 aliphatic carbocycles. The maximum absolute atomic E-state index is 11.5. The van der Waals surface area contributed by atoms with Gasteiger partial charge in [0.05, 0.1) is 6.33 Å². The quantitative estimate of drug-likeness (QED) is 0.608. The molecule has 0 radical (unpaired) electrons. The second kappa shape index (κ2) is 8.12. The molecular formula is C12H20N4O3. The summed E-state index contributed by atoms with van der Waals surface area (Å²) in [4.78, 5) is 26.3. The van der Waals surface area contributed by atoms with Gasteiger partial charge in [0.1, 0.15) is 6.04 Å². The average molecular weight is 268 g/mol. The summed E-state index contributed by atoms with van der Waals surface area (Å²) in [5.74, 6) is -1.00. The molecule has 0 saturated heterocycles. The molecular weight excluding hydrogens is 248 g/mol. The summed E-state index contributed by atoms with van der Waals surface area (Å²) in [5, 5.41) is 14.0. The van der Waals surface area contributed by atoms with E-state index < -0.39 is 18.0 Å². The van der Waals surface area contributed by atoms with E-state index in [4.69, 9.17) is 5.11 Å². The lowest BCUT2D eigenvalue weighted by Crippen LogP contribution is -2.46. The molecule has 3 N–H and O–H groups in total. The first-order valence-electron chi connectivity index (χ1n) is 6.36. The third-order valence-corrected chi connectivity index (χ3v) is 2.62. The van der Waals surface area contributed by atoms with E-state index in [-0.39, 0.29) is 0 Å². The van der Waals surface area contributed by atoms with Crippen LogP contribution in [0.25, 0.3) is 0 Å². The monoisotopic (exact) mass is 268 g/mol. The molecule has 1 aromatic heterocycles. The number of carboxylic acids is 1. The first-order valence-corrected chi connectivity index (χ1v) is 6.36. The lowest BCUT2D eigenvalue weighted by atomic mass is 10.2. The molecule has 0 aliphatic heterocycles. The van der Waals surface area contributed by atoms with Gasteiger partial charge in [-0.15, -0.1) is 0 Å². The number of aromatic nitrogens is 2. The van der Waals surface area contributed by atoms with E-state index in [9.17, 15) is 9.59 Å². The number of aliphatic carboxylic acids is 1. The number of carboxylic acid groups (broad SMARTS) is 1. The number of hydrogen-bond donors (Lipinski definition) is 3. The van der Waals surface area contributed by atoms with Gasteiger partial charge in [-0.25, -0.2) is 14.6 Å². The predicted molar refractivity (Wildman–Crippen MR) is 69.7 cm³/mol. The summed E-state index contributed by atoms with van der Waals surface area (Å²) in [6.07, 6.45) is 7.15. The Labute approximate surface area is 112 Å². The lowest BCUT2D eigenvalue weighted by molar-refractivity contribution is -0.139. The number of nitrogens with one attached hydrogen (secondary N) is 2. The highest BCUT2D eigenvalue weighted by molar-refractivity contribution is 5.82. The molecule has 19 heavy (non-hydrogen) atoms. The van der Waals surface area contributed by atoms with Crippen molar-refractivity contribution in [2.75, 3.05) is 6.54 Å². The number of aryl methyl sites for hydroxylation is 1. The number of carbonyl (C=O) groups excluding carboxylic acids is 1. The Hall–Kier alpha value is -2.05.